The molecular formula is C16H23F2N3O3. The third-order valence-corrected chi connectivity index (χ3v) is 2.81. The number of ether oxygens (including phenoxy) is 1. The topological polar surface area (TPSA) is 79.5 Å². The number of hydrogen-bond donors (Lipinski definition) is 3. The average molecular weight is 343 g/mol. The maximum atomic E-state index is 12.1. The van der Waals surface area contributed by atoms with Gasteiger partial charge in [0.15, 0.2) is 0 Å². The van der Waals surface area contributed by atoms with Crippen LogP contribution >= 0.6 is 0 Å². The van der Waals surface area contributed by atoms with Gasteiger partial charge in [0, 0.05) is 25.6 Å². The highest BCUT2D eigenvalue weighted by atomic mass is 19.3. The number of urea groups is 1. The molecule has 0 spiro atoms. The molecule has 0 aromatic heterocycles. The SMILES string of the molecule is CC(C)NC(=O)CCNC(=O)NCc1cccc(OCC(F)F)c1. The Labute approximate surface area is 139 Å². The summed E-state index contributed by atoms with van der Waals surface area (Å²) in [5.41, 5.74) is 0.717. The van der Waals surface area contributed by atoms with Crippen molar-refractivity contribution in [2.24, 2.45) is 0 Å². The van der Waals surface area contributed by atoms with E-state index in [1.807, 2.05) is 13.8 Å². The van der Waals surface area contributed by atoms with E-state index in [2.05, 4.69) is 16.0 Å². The predicted octanol–water partition coefficient (Wildman–Crippen LogP) is 2.04. The molecule has 0 fully saturated rings. The lowest BCUT2D eigenvalue weighted by Gasteiger charge is -2.10. The minimum Gasteiger partial charge on any atom is -0.488 e. The first kappa shape index (κ1) is 19.7. The molecule has 0 bridgehead atoms. The van der Waals surface area contributed by atoms with Crippen molar-refractivity contribution in [2.45, 2.75) is 39.3 Å². The van der Waals surface area contributed by atoms with Gasteiger partial charge in [0.2, 0.25) is 5.91 Å². The molecule has 0 heterocycles. The minimum absolute atomic E-state index is 0.0610. The predicted molar refractivity (Wildman–Crippen MR) is 86.1 cm³/mol. The molecule has 0 unspecified atom stereocenters. The molecule has 6 nitrogen and oxygen atoms in total. The summed E-state index contributed by atoms with van der Waals surface area (Å²) in [4.78, 5) is 23.0. The third kappa shape index (κ3) is 8.92. The fourth-order valence-electron chi connectivity index (χ4n) is 1.83. The Hall–Kier alpha value is -2.38. The first-order chi connectivity index (χ1) is 11.4. The lowest BCUT2D eigenvalue weighted by atomic mass is 10.2. The smallest absolute Gasteiger partial charge is 0.315 e. The van der Waals surface area contributed by atoms with Gasteiger partial charge in [-0.05, 0) is 31.5 Å². The molecule has 24 heavy (non-hydrogen) atoms. The van der Waals surface area contributed by atoms with Gasteiger partial charge < -0.3 is 20.7 Å². The molecule has 0 saturated carbocycles. The van der Waals surface area contributed by atoms with Crippen LogP contribution in [0.4, 0.5) is 13.6 Å². The highest BCUT2D eigenvalue weighted by Gasteiger charge is 2.06. The van der Waals surface area contributed by atoms with Gasteiger partial charge in [-0.2, -0.15) is 0 Å². The highest BCUT2D eigenvalue weighted by molar-refractivity contribution is 5.78. The molecule has 134 valence electrons. The van der Waals surface area contributed by atoms with Crippen LogP contribution in [0.15, 0.2) is 24.3 Å². The quantitative estimate of drug-likeness (QED) is 0.642. The molecule has 1 rings (SSSR count). The Morgan fingerprint density at radius 1 is 1.21 bits per heavy atom. The van der Waals surface area contributed by atoms with E-state index in [-0.39, 0.29) is 31.5 Å². The van der Waals surface area contributed by atoms with E-state index in [1.165, 1.54) is 0 Å². The van der Waals surface area contributed by atoms with Crippen LogP contribution in [0.25, 0.3) is 0 Å². The summed E-state index contributed by atoms with van der Waals surface area (Å²) in [7, 11) is 0. The number of carbonyl (C=O) groups excluding carboxylic acids is 2. The zero-order valence-electron chi connectivity index (χ0n) is 13.8. The second-order valence-electron chi connectivity index (χ2n) is 5.43. The summed E-state index contributed by atoms with van der Waals surface area (Å²) >= 11 is 0. The van der Waals surface area contributed by atoms with Crippen LogP contribution in [0.5, 0.6) is 5.75 Å². The van der Waals surface area contributed by atoms with Gasteiger partial charge in [-0.25, -0.2) is 13.6 Å². The third-order valence-electron chi connectivity index (χ3n) is 2.81. The summed E-state index contributed by atoms with van der Waals surface area (Å²) < 4.78 is 29.1. The molecule has 8 heteroatoms. The number of alkyl halides is 2. The molecule has 1 aromatic carbocycles. The molecule has 0 saturated heterocycles. The van der Waals surface area contributed by atoms with Crippen molar-refractivity contribution < 1.29 is 23.1 Å². The fourth-order valence-corrected chi connectivity index (χ4v) is 1.83. The van der Waals surface area contributed by atoms with Crippen molar-refractivity contribution >= 4 is 11.9 Å². The molecule has 0 radical (unpaired) electrons. The molecule has 3 amide bonds. The fraction of sp³-hybridized carbons (Fsp3) is 0.500. The zero-order valence-corrected chi connectivity index (χ0v) is 13.8. The molecule has 0 atom stereocenters. The van der Waals surface area contributed by atoms with Crippen molar-refractivity contribution in [1.82, 2.24) is 16.0 Å². The number of benzene rings is 1. The number of hydrogen-bond acceptors (Lipinski definition) is 3. The summed E-state index contributed by atoms with van der Waals surface area (Å²) in [5.74, 6) is 0.189. The maximum Gasteiger partial charge on any atom is 0.315 e. The van der Waals surface area contributed by atoms with E-state index in [4.69, 9.17) is 4.74 Å². The lowest BCUT2D eigenvalue weighted by Crippen LogP contribution is -2.38. The standard InChI is InChI=1S/C16H23F2N3O3/c1-11(2)21-15(22)6-7-19-16(23)20-9-12-4-3-5-13(8-12)24-10-14(17)18/h3-5,8,11,14H,6-7,9-10H2,1-2H3,(H,21,22)(H2,19,20,23). The van der Waals surface area contributed by atoms with Crippen LogP contribution in [0.3, 0.4) is 0 Å². The van der Waals surface area contributed by atoms with Crippen LogP contribution in [-0.4, -0.2) is 37.6 Å². The normalized spacial score (nSPS) is 10.6. The zero-order chi connectivity index (χ0) is 17.9. The van der Waals surface area contributed by atoms with Crippen molar-refractivity contribution in [3.05, 3.63) is 29.8 Å². The minimum atomic E-state index is -2.54. The van der Waals surface area contributed by atoms with Crippen molar-refractivity contribution in [2.75, 3.05) is 13.2 Å². The number of amides is 3. The summed E-state index contributed by atoms with van der Waals surface area (Å²) in [6, 6.07) is 6.20. The first-order valence-corrected chi connectivity index (χ1v) is 7.67. The van der Waals surface area contributed by atoms with Crippen LogP contribution in [0, 0.1) is 0 Å². The lowest BCUT2D eigenvalue weighted by molar-refractivity contribution is -0.121. The number of nitrogens with one attached hydrogen (secondary N) is 3. The van der Waals surface area contributed by atoms with E-state index in [9.17, 15) is 18.4 Å². The van der Waals surface area contributed by atoms with E-state index in [1.54, 1.807) is 24.3 Å². The first-order valence-electron chi connectivity index (χ1n) is 7.67. The van der Waals surface area contributed by atoms with Crippen molar-refractivity contribution in [3.63, 3.8) is 0 Å². The Kier molecular flexibility index (Phi) is 8.53. The van der Waals surface area contributed by atoms with Crippen LogP contribution in [-0.2, 0) is 11.3 Å². The van der Waals surface area contributed by atoms with Gasteiger partial charge in [0.1, 0.15) is 12.4 Å². The van der Waals surface area contributed by atoms with Gasteiger partial charge in [0.25, 0.3) is 6.43 Å². The molecule has 3 N–H and O–H groups in total. The average Bonchev–Trinajstić information content (AvgIpc) is 2.50. The van der Waals surface area contributed by atoms with Gasteiger partial charge in [-0.15, -0.1) is 0 Å². The number of halogens is 2. The maximum absolute atomic E-state index is 12.1. The van der Waals surface area contributed by atoms with E-state index >= 15 is 0 Å². The summed E-state index contributed by atoms with van der Waals surface area (Å²) in [6.45, 7) is 3.49. The van der Waals surface area contributed by atoms with Gasteiger partial charge in [-0.3, -0.25) is 4.79 Å². The summed E-state index contributed by atoms with van der Waals surface area (Å²) in [5, 5.41) is 7.91. The van der Waals surface area contributed by atoms with Crippen LogP contribution in [0.1, 0.15) is 25.8 Å². The Balaban J connectivity index is 2.29. The Morgan fingerprint density at radius 2 is 1.96 bits per heavy atom. The Morgan fingerprint density at radius 3 is 2.62 bits per heavy atom. The largest absolute Gasteiger partial charge is 0.488 e. The molecule has 0 aliphatic rings. The molecule has 0 aliphatic heterocycles. The molecular weight excluding hydrogens is 320 g/mol. The van der Waals surface area contributed by atoms with Gasteiger partial charge in [0.05, 0.1) is 0 Å². The summed E-state index contributed by atoms with van der Waals surface area (Å²) in [6.07, 6.45) is -2.34. The van der Waals surface area contributed by atoms with Gasteiger partial charge in [-0.1, -0.05) is 12.1 Å². The Bertz CT molecular complexity index is 539. The number of carbonyl (C=O) groups is 2. The van der Waals surface area contributed by atoms with E-state index in [0.717, 1.165) is 5.56 Å². The van der Waals surface area contributed by atoms with E-state index < -0.39 is 19.1 Å². The van der Waals surface area contributed by atoms with Crippen LogP contribution in [0.2, 0.25) is 0 Å². The number of rotatable bonds is 9. The monoisotopic (exact) mass is 343 g/mol. The van der Waals surface area contributed by atoms with Gasteiger partial charge >= 0.3 is 6.03 Å². The van der Waals surface area contributed by atoms with Crippen molar-refractivity contribution in [1.29, 1.82) is 0 Å². The van der Waals surface area contributed by atoms with Crippen LogP contribution < -0.4 is 20.7 Å². The molecule has 0 aliphatic carbocycles. The van der Waals surface area contributed by atoms with E-state index in [0.29, 0.717) is 5.75 Å². The molecule has 1 aromatic rings. The highest BCUT2D eigenvalue weighted by Crippen LogP contribution is 2.14. The second kappa shape index (κ2) is 10.4. The second-order valence-corrected chi connectivity index (χ2v) is 5.43. The van der Waals surface area contributed by atoms with Crippen molar-refractivity contribution in [3.8, 4) is 5.75 Å².